The van der Waals surface area contributed by atoms with Gasteiger partial charge in [-0.1, -0.05) is 31.0 Å². The lowest BCUT2D eigenvalue weighted by atomic mass is 9.72. The fraction of sp³-hybridized carbons (Fsp3) is 1.00. The van der Waals surface area contributed by atoms with E-state index in [4.69, 9.17) is 0 Å². The molecule has 0 aliphatic heterocycles. The largest absolute Gasteiger partial charge is 0.441 e. The Labute approximate surface area is 99.6 Å². The fourth-order valence-electron chi connectivity index (χ4n) is 2.58. The molecule has 1 fully saturated rings. The van der Waals surface area contributed by atoms with Crippen molar-refractivity contribution in [3.63, 3.8) is 0 Å². The van der Waals surface area contributed by atoms with Gasteiger partial charge in [0.2, 0.25) is 0 Å². The van der Waals surface area contributed by atoms with E-state index in [-0.39, 0.29) is 22.9 Å². The molecule has 1 N–H and O–H groups in total. The van der Waals surface area contributed by atoms with E-state index in [2.05, 4.69) is 5.32 Å². The topological polar surface area (TPSA) is 12.0 Å². The molecule has 0 radical (unpaired) electrons. The minimum Gasteiger partial charge on any atom is -0.319 e. The van der Waals surface area contributed by atoms with Gasteiger partial charge in [0, 0.05) is 12.3 Å². The van der Waals surface area contributed by atoms with Crippen LogP contribution in [0.2, 0.25) is 0 Å². The van der Waals surface area contributed by atoms with Crippen LogP contribution < -0.4 is 5.32 Å². The van der Waals surface area contributed by atoms with Gasteiger partial charge < -0.3 is 5.32 Å². The van der Waals surface area contributed by atoms with E-state index in [0.717, 1.165) is 19.4 Å². The molecular formula is C11H20F3NS. The van der Waals surface area contributed by atoms with E-state index in [1.54, 1.807) is 0 Å². The molecular weight excluding hydrogens is 235 g/mol. The smallest absolute Gasteiger partial charge is 0.319 e. The maximum absolute atomic E-state index is 12.1. The van der Waals surface area contributed by atoms with Crippen LogP contribution in [-0.2, 0) is 0 Å². The van der Waals surface area contributed by atoms with Crippen molar-refractivity contribution in [3.8, 4) is 0 Å². The Balaban J connectivity index is 2.38. The second-order valence-corrected chi connectivity index (χ2v) is 5.80. The minimum absolute atomic E-state index is 0.116. The van der Waals surface area contributed by atoms with Crippen LogP contribution in [0.1, 0.15) is 38.5 Å². The zero-order chi connectivity index (χ0) is 12.1. The Morgan fingerprint density at radius 3 is 2.31 bits per heavy atom. The first kappa shape index (κ1) is 14.2. The van der Waals surface area contributed by atoms with Crippen molar-refractivity contribution in [3.05, 3.63) is 0 Å². The third-order valence-electron chi connectivity index (χ3n) is 3.36. The Kier molecular flexibility index (Phi) is 5.44. The molecule has 1 aliphatic carbocycles. The number of rotatable bonds is 5. The molecule has 1 aliphatic rings. The van der Waals surface area contributed by atoms with Gasteiger partial charge in [-0.25, -0.2) is 0 Å². The van der Waals surface area contributed by atoms with Gasteiger partial charge in [-0.2, -0.15) is 13.2 Å². The molecule has 0 heterocycles. The first-order valence-corrected chi connectivity index (χ1v) is 6.81. The van der Waals surface area contributed by atoms with Gasteiger partial charge in [-0.15, -0.1) is 0 Å². The highest BCUT2D eigenvalue weighted by Gasteiger charge is 2.34. The summed E-state index contributed by atoms with van der Waals surface area (Å²) in [7, 11) is 1.88. The lowest BCUT2D eigenvalue weighted by molar-refractivity contribution is -0.0329. The van der Waals surface area contributed by atoms with Gasteiger partial charge in [-0.3, -0.25) is 0 Å². The van der Waals surface area contributed by atoms with Crippen molar-refractivity contribution < 1.29 is 13.2 Å². The minimum atomic E-state index is -4.07. The van der Waals surface area contributed by atoms with E-state index in [1.165, 1.54) is 19.3 Å². The van der Waals surface area contributed by atoms with Crippen molar-refractivity contribution in [2.75, 3.05) is 19.3 Å². The standard InChI is InChI=1S/C11H20F3NS/c1-15-9-10(5-3-2-4-6-10)7-8-16-11(12,13)14/h15H,2-9H2,1H3. The van der Waals surface area contributed by atoms with Gasteiger partial charge in [-0.05, 0) is 31.7 Å². The van der Waals surface area contributed by atoms with E-state index < -0.39 is 5.51 Å². The highest BCUT2D eigenvalue weighted by molar-refractivity contribution is 8.00. The van der Waals surface area contributed by atoms with Crippen LogP contribution in [0.4, 0.5) is 13.2 Å². The number of halogens is 3. The van der Waals surface area contributed by atoms with E-state index >= 15 is 0 Å². The highest BCUT2D eigenvalue weighted by Crippen LogP contribution is 2.41. The number of nitrogens with one attached hydrogen (secondary N) is 1. The first-order valence-electron chi connectivity index (χ1n) is 5.83. The van der Waals surface area contributed by atoms with E-state index in [9.17, 15) is 13.2 Å². The molecule has 0 atom stereocenters. The fourth-order valence-corrected chi connectivity index (χ4v) is 3.34. The summed E-state index contributed by atoms with van der Waals surface area (Å²) >= 11 is 0.124. The summed E-state index contributed by atoms with van der Waals surface area (Å²) in [4.78, 5) is 0. The van der Waals surface area contributed by atoms with Gasteiger partial charge >= 0.3 is 5.51 Å². The summed E-state index contributed by atoms with van der Waals surface area (Å²) in [5, 5.41) is 3.14. The molecule has 96 valence electrons. The molecule has 0 aromatic carbocycles. The Bertz CT molecular complexity index is 194. The number of hydrogen-bond acceptors (Lipinski definition) is 2. The third-order valence-corrected chi connectivity index (χ3v) is 4.10. The van der Waals surface area contributed by atoms with Crippen molar-refractivity contribution in [2.24, 2.45) is 5.41 Å². The van der Waals surface area contributed by atoms with Crippen molar-refractivity contribution >= 4 is 11.8 Å². The normalized spacial score (nSPS) is 21.0. The van der Waals surface area contributed by atoms with Crippen molar-refractivity contribution in [1.29, 1.82) is 0 Å². The van der Waals surface area contributed by atoms with Crippen LogP contribution in [0.3, 0.4) is 0 Å². The monoisotopic (exact) mass is 255 g/mol. The van der Waals surface area contributed by atoms with Crippen LogP contribution >= 0.6 is 11.8 Å². The van der Waals surface area contributed by atoms with Gasteiger partial charge in [0.05, 0.1) is 0 Å². The number of alkyl halides is 3. The zero-order valence-electron chi connectivity index (χ0n) is 9.70. The molecule has 1 rings (SSSR count). The molecule has 0 aromatic heterocycles. The molecule has 0 spiro atoms. The van der Waals surface area contributed by atoms with Crippen LogP contribution in [-0.4, -0.2) is 24.9 Å². The molecule has 5 heteroatoms. The van der Waals surface area contributed by atoms with E-state index in [1.807, 2.05) is 7.05 Å². The van der Waals surface area contributed by atoms with Crippen LogP contribution in [0.15, 0.2) is 0 Å². The zero-order valence-corrected chi connectivity index (χ0v) is 10.5. The second kappa shape index (κ2) is 6.15. The second-order valence-electron chi connectivity index (χ2n) is 4.64. The molecule has 1 nitrogen and oxygen atoms in total. The maximum atomic E-state index is 12.1. The summed E-state index contributed by atoms with van der Waals surface area (Å²) in [6.07, 6.45) is 6.39. The number of thioether (sulfide) groups is 1. The quantitative estimate of drug-likeness (QED) is 0.802. The Morgan fingerprint density at radius 2 is 1.81 bits per heavy atom. The Morgan fingerprint density at radius 1 is 1.19 bits per heavy atom. The predicted octanol–water partition coefficient (Wildman–Crippen LogP) is 3.80. The van der Waals surface area contributed by atoms with Crippen LogP contribution in [0.5, 0.6) is 0 Å². The Hall–Kier alpha value is 0.100. The molecule has 0 amide bonds. The molecule has 0 bridgehead atoms. The van der Waals surface area contributed by atoms with E-state index in [0.29, 0.717) is 6.42 Å². The van der Waals surface area contributed by atoms with Crippen LogP contribution in [0, 0.1) is 5.41 Å². The van der Waals surface area contributed by atoms with Crippen molar-refractivity contribution in [1.82, 2.24) is 5.32 Å². The molecule has 0 saturated heterocycles. The average Bonchev–Trinajstić information content (AvgIpc) is 2.17. The summed E-state index contributed by atoms with van der Waals surface area (Å²) in [6, 6.07) is 0. The summed E-state index contributed by atoms with van der Waals surface area (Å²) < 4.78 is 36.2. The lowest BCUT2D eigenvalue weighted by Gasteiger charge is -2.37. The molecule has 16 heavy (non-hydrogen) atoms. The third kappa shape index (κ3) is 4.95. The summed E-state index contributed by atoms with van der Waals surface area (Å²) in [5.74, 6) is 0.200. The SMILES string of the molecule is CNCC1(CCSC(F)(F)F)CCCCC1. The van der Waals surface area contributed by atoms with Gasteiger partial charge in [0.25, 0.3) is 0 Å². The molecule has 0 aromatic rings. The lowest BCUT2D eigenvalue weighted by Crippen LogP contribution is -2.35. The maximum Gasteiger partial charge on any atom is 0.441 e. The first-order chi connectivity index (χ1) is 7.47. The van der Waals surface area contributed by atoms with Gasteiger partial charge in [0.1, 0.15) is 0 Å². The number of hydrogen-bond donors (Lipinski definition) is 1. The average molecular weight is 255 g/mol. The van der Waals surface area contributed by atoms with Gasteiger partial charge in [0.15, 0.2) is 0 Å². The summed E-state index contributed by atoms with van der Waals surface area (Å²) in [5.41, 5.74) is -3.96. The highest BCUT2D eigenvalue weighted by atomic mass is 32.2. The molecule has 0 unspecified atom stereocenters. The van der Waals surface area contributed by atoms with Crippen molar-refractivity contribution in [2.45, 2.75) is 44.0 Å². The van der Waals surface area contributed by atoms with Crippen LogP contribution in [0.25, 0.3) is 0 Å². The predicted molar refractivity (Wildman–Crippen MR) is 62.6 cm³/mol. The molecule has 1 saturated carbocycles. The summed E-state index contributed by atoms with van der Waals surface area (Å²) in [6.45, 7) is 0.853.